The van der Waals surface area contributed by atoms with Crippen LogP contribution in [0.5, 0.6) is 0 Å². The molecule has 2 heterocycles. The first-order valence-electron chi connectivity index (χ1n) is 5.94. The molecule has 1 saturated carbocycles. The quantitative estimate of drug-likeness (QED) is 0.826. The Morgan fingerprint density at radius 2 is 2.33 bits per heavy atom. The van der Waals surface area contributed by atoms with Gasteiger partial charge in [0.05, 0.1) is 0 Å². The zero-order valence-electron chi connectivity index (χ0n) is 8.98. The lowest BCUT2D eigenvalue weighted by Crippen LogP contribution is -2.39. The van der Waals surface area contributed by atoms with Crippen LogP contribution in [0.3, 0.4) is 0 Å². The Balaban J connectivity index is 1.71. The number of nitrogens with one attached hydrogen (secondary N) is 1. The van der Waals surface area contributed by atoms with E-state index in [0.717, 1.165) is 12.0 Å². The first kappa shape index (κ1) is 9.67. The van der Waals surface area contributed by atoms with Gasteiger partial charge in [0.15, 0.2) is 0 Å². The van der Waals surface area contributed by atoms with E-state index in [1.165, 1.54) is 44.6 Å². The average Bonchev–Trinajstić information content (AvgIpc) is 3.00. The Labute approximate surface area is 95.3 Å². The second kappa shape index (κ2) is 4.14. The van der Waals surface area contributed by atoms with E-state index in [1.807, 2.05) is 0 Å². The second-order valence-electron chi connectivity index (χ2n) is 4.68. The van der Waals surface area contributed by atoms with Gasteiger partial charge in [-0.05, 0) is 43.2 Å². The molecule has 1 aliphatic heterocycles. The molecule has 1 aromatic heterocycles. The van der Waals surface area contributed by atoms with Gasteiger partial charge in [-0.2, -0.15) is 11.3 Å². The molecule has 1 atom stereocenters. The molecule has 2 nitrogen and oxygen atoms in total. The van der Waals surface area contributed by atoms with Crippen molar-refractivity contribution in [3.63, 3.8) is 0 Å². The van der Waals surface area contributed by atoms with Crippen LogP contribution >= 0.6 is 11.3 Å². The summed E-state index contributed by atoms with van der Waals surface area (Å²) in [5.74, 6) is 0.962. The predicted octanol–water partition coefficient (Wildman–Crippen LogP) is 2.33. The third kappa shape index (κ3) is 2.18. The minimum Gasteiger partial charge on any atom is -0.369 e. The molecule has 1 N–H and O–H groups in total. The summed E-state index contributed by atoms with van der Waals surface area (Å²) in [5, 5.41) is 8.15. The fourth-order valence-corrected chi connectivity index (χ4v) is 3.10. The zero-order chi connectivity index (χ0) is 10.1. The fraction of sp³-hybridized carbons (Fsp3) is 0.667. The maximum atomic E-state index is 3.70. The van der Waals surface area contributed by atoms with Gasteiger partial charge in [-0.1, -0.05) is 0 Å². The van der Waals surface area contributed by atoms with Gasteiger partial charge in [-0.25, -0.2) is 0 Å². The molecule has 1 aromatic rings. The second-order valence-corrected chi connectivity index (χ2v) is 5.46. The molecule has 3 heteroatoms. The summed E-state index contributed by atoms with van der Waals surface area (Å²) in [6.07, 6.45) is 4.16. The molecule has 1 unspecified atom stereocenters. The molecule has 1 saturated heterocycles. The fourth-order valence-electron chi connectivity index (χ4n) is 2.44. The SMILES string of the molecule is c1cc(N2CCCNC(C3CC3)C2)cs1. The average molecular weight is 222 g/mol. The van der Waals surface area contributed by atoms with Gasteiger partial charge in [0.1, 0.15) is 0 Å². The molecule has 0 spiro atoms. The number of hydrogen-bond acceptors (Lipinski definition) is 3. The van der Waals surface area contributed by atoms with E-state index >= 15 is 0 Å². The zero-order valence-corrected chi connectivity index (χ0v) is 9.80. The summed E-state index contributed by atoms with van der Waals surface area (Å²) in [4.78, 5) is 2.56. The van der Waals surface area contributed by atoms with Crippen LogP contribution in [0.4, 0.5) is 5.69 Å². The standard InChI is InChI=1S/C12H18N2S/c1-5-13-12(10-2-3-10)8-14(6-1)11-4-7-15-9-11/h4,7,9-10,12-13H,1-3,5-6,8H2. The Morgan fingerprint density at radius 3 is 3.07 bits per heavy atom. The van der Waals surface area contributed by atoms with Crippen LogP contribution in [0, 0.1) is 5.92 Å². The van der Waals surface area contributed by atoms with E-state index < -0.39 is 0 Å². The molecule has 1 aliphatic carbocycles. The highest BCUT2D eigenvalue weighted by Crippen LogP contribution is 2.34. The van der Waals surface area contributed by atoms with Crippen molar-refractivity contribution >= 4 is 17.0 Å². The normalized spacial score (nSPS) is 27.7. The Bertz CT molecular complexity index is 305. The number of rotatable bonds is 2. The topological polar surface area (TPSA) is 15.3 Å². The van der Waals surface area contributed by atoms with Crippen LogP contribution in [-0.4, -0.2) is 25.7 Å². The molecule has 82 valence electrons. The smallest absolute Gasteiger partial charge is 0.0475 e. The molecule has 0 radical (unpaired) electrons. The van der Waals surface area contributed by atoms with Gasteiger partial charge >= 0.3 is 0 Å². The van der Waals surface area contributed by atoms with Gasteiger partial charge in [-0.3, -0.25) is 0 Å². The minimum atomic E-state index is 0.743. The van der Waals surface area contributed by atoms with Crippen LogP contribution < -0.4 is 10.2 Å². The maximum Gasteiger partial charge on any atom is 0.0475 e. The lowest BCUT2D eigenvalue weighted by molar-refractivity contribution is 0.490. The number of thiophene rings is 1. The van der Waals surface area contributed by atoms with Gasteiger partial charge in [0, 0.05) is 30.2 Å². The summed E-state index contributed by atoms with van der Waals surface area (Å²) in [6, 6.07) is 2.99. The highest BCUT2D eigenvalue weighted by molar-refractivity contribution is 7.08. The van der Waals surface area contributed by atoms with Crippen LogP contribution in [0.25, 0.3) is 0 Å². The van der Waals surface area contributed by atoms with Crippen LogP contribution in [-0.2, 0) is 0 Å². The van der Waals surface area contributed by atoms with Crippen molar-refractivity contribution in [1.29, 1.82) is 0 Å². The highest BCUT2D eigenvalue weighted by Gasteiger charge is 2.33. The molecule has 0 bridgehead atoms. The molecular formula is C12H18N2S. The largest absolute Gasteiger partial charge is 0.369 e. The van der Waals surface area contributed by atoms with Gasteiger partial charge in [-0.15, -0.1) is 0 Å². The molecule has 2 aliphatic rings. The summed E-state index contributed by atoms with van der Waals surface area (Å²) in [6.45, 7) is 3.62. The lowest BCUT2D eigenvalue weighted by Gasteiger charge is -2.25. The van der Waals surface area contributed by atoms with Crippen LogP contribution in [0.2, 0.25) is 0 Å². The minimum absolute atomic E-state index is 0.743. The summed E-state index contributed by atoms with van der Waals surface area (Å²) >= 11 is 1.80. The van der Waals surface area contributed by atoms with E-state index in [1.54, 1.807) is 11.3 Å². The summed E-state index contributed by atoms with van der Waals surface area (Å²) in [7, 11) is 0. The molecule has 2 fully saturated rings. The number of nitrogens with zero attached hydrogens (tertiary/aromatic N) is 1. The molecule has 0 amide bonds. The van der Waals surface area contributed by atoms with Gasteiger partial charge in [0.2, 0.25) is 0 Å². The lowest BCUT2D eigenvalue weighted by atomic mass is 10.2. The molecule has 3 rings (SSSR count). The van der Waals surface area contributed by atoms with Gasteiger partial charge in [0.25, 0.3) is 0 Å². The van der Waals surface area contributed by atoms with E-state index in [4.69, 9.17) is 0 Å². The summed E-state index contributed by atoms with van der Waals surface area (Å²) < 4.78 is 0. The van der Waals surface area contributed by atoms with Crippen molar-refractivity contribution in [2.45, 2.75) is 25.3 Å². The van der Waals surface area contributed by atoms with Crippen LogP contribution in [0.1, 0.15) is 19.3 Å². The van der Waals surface area contributed by atoms with Crippen molar-refractivity contribution in [3.05, 3.63) is 16.8 Å². The first-order valence-corrected chi connectivity index (χ1v) is 6.88. The number of anilines is 1. The monoisotopic (exact) mass is 222 g/mol. The molecule has 0 aromatic carbocycles. The van der Waals surface area contributed by atoms with Crippen molar-refractivity contribution in [1.82, 2.24) is 5.32 Å². The van der Waals surface area contributed by atoms with E-state index in [2.05, 4.69) is 27.0 Å². The van der Waals surface area contributed by atoms with Crippen molar-refractivity contribution in [2.24, 2.45) is 5.92 Å². The van der Waals surface area contributed by atoms with E-state index in [9.17, 15) is 0 Å². The van der Waals surface area contributed by atoms with E-state index in [0.29, 0.717) is 0 Å². The Hall–Kier alpha value is -0.540. The van der Waals surface area contributed by atoms with Gasteiger partial charge < -0.3 is 10.2 Å². The van der Waals surface area contributed by atoms with Crippen molar-refractivity contribution < 1.29 is 0 Å². The Morgan fingerprint density at radius 1 is 1.40 bits per heavy atom. The third-order valence-electron chi connectivity index (χ3n) is 3.49. The molecule has 15 heavy (non-hydrogen) atoms. The predicted molar refractivity (Wildman–Crippen MR) is 65.7 cm³/mol. The third-order valence-corrected chi connectivity index (χ3v) is 4.16. The Kier molecular flexibility index (Phi) is 2.67. The molecular weight excluding hydrogens is 204 g/mol. The van der Waals surface area contributed by atoms with Crippen LogP contribution in [0.15, 0.2) is 16.8 Å². The van der Waals surface area contributed by atoms with Crippen molar-refractivity contribution in [2.75, 3.05) is 24.5 Å². The summed E-state index contributed by atoms with van der Waals surface area (Å²) in [5.41, 5.74) is 1.43. The maximum absolute atomic E-state index is 3.70. The highest BCUT2D eigenvalue weighted by atomic mass is 32.1. The van der Waals surface area contributed by atoms with Crippen molar-refractivity contribution in [3.8, 4) is 0 Å². The number of hydrogen-bond donors (Lipinski definition) is 1. The van der Waals surface area contributed by atoms with E-state index in [-0.39, 0.29) is 0 Å². The first-order chi connectivity index (χ1) is 7.43.